The van der Waals surface area contributed by atoms with Crippen molar-refractivity contribution in [3.8, 4) is 0 Å². The molecule has 1 fully saturated rings. The van der Waals surface area contributed by atoms with Gasteiger partial charge in [0.05, 0.1) is 10.2 Å². The van der Waals surface area contributed by atoms with Crippen LogP contribution in [0.3, 0.4) is 0 Å². The number of thiophene rings is 1. The Labute approximate surface area is 129 Å². The summed E-state index contributed by atoms with van der Waals surface area (Å²) in [5.74, 6) is 1.10. The maximum Gasteiger partial charge on any atom is 0.150 e. The molecule has 2 aromatic heterocycles. The zero-order chi connectivity index (χ0) is 14.8. The minimum Gasteiger partial charge on any atom is -0.353 e. The van der Waals surface area contributed by atoms with Crippen LogP contribution in [0.4, 0.5) is 5.82 Å². The standard InChI is InChI=1S/C15H23N5S/c1-3-12(8-16)19-4-6-20(7-5-19)15-14-13(17-10-18-15)11(2)9-21-14/h9-10,12H,3-8,16H2,1-2H3. The molecule has 1 atom stereocenters. The molecule has 1 aliphatic heterocycles. The van der Waals surface area contributed by atoms with Crippen LogP contribution in [-0.4, -0.2) is 53.6 Å². The van der Waals surface area contributed by atoms with Gasteiger partial charge in [-0.2, -0.15) is 0 Å². The molecule has 1 aliphatic rings. The van der Waals surface area contributed by atoms with Gasteiger partial charge < -0.3 is 10.6 Å². The van der Waals surface area contributed by atoms with Crippen molar-refractivity contribution in [2.45, 2.75) is 26.3 Å². The van der Waals surface area contributed by atoms with Gasteiger partial charge in [-0.3, -0.25) is 4.90 Å². The molecule has 5 nitrogen and oxygen atoms in total. The van der Waals surface area contributed by atoms with Crippen molar-refractivity contribution in [3.05, 3.63) is 17.3 Å². The number of anilines is 1. The zero-order valence-electron chi connectivity index (χ0n) is 12.7. The first-order chi connectivity index (χ1) is 10.2. The Balaban J connectivity index is 1.77. The normalized spacial score (nSPS) is 18.3. The summed E-state index contributed by atoms with van der Waals surface area (Å²) in [6.07, 6.45) is 2.82. The van der Waals surface area contributed by atoms with E-state index in [2.05, 4.69) is 39.0 Å². The summed E-state index contributed by atoms with van der Waals surface area (Å²) in [7, 11) is 0. The highest BCUT2D eigenvalue weighted by atomic mass is 32.1. The Hall–Kier alpha value is -1.24. The average Bonchev–Trinajstić information content (AvgIpc) is 2.91. The van der Waals surface area contributed by atoms with Crippen molar-refractivity contribution < 1.29 is 0 Å². The number of rotatable bonds is 4. The van der Waals surface area contributed by atoms with Crippen LogP contribution in [0.2, 0.25) is 0 Å². The molecule has 0 aliphatic carbocycles. The van der Waals surface area contributed by atoms with Crippen LogP contribution in [0.25, 0.3) is 10.2 Å². The predicted octanol–water partition coefficient (Wildman–Crippen LogP) is 1.86. The third-order valence-corrected chi connectivity index (χ3v) is 5.47. The van der Waals surface area contributed by atoms with Gasteiger partial charge in [0.15, 0.2) is 0 Å². The summed E-state index contributed by atoms with van der Waals surface area (Å²) in [6, 6.07) is 0.515. The van der Waals surface area contributed by atoms with Gasteiger partial charge in [-0.05, 0) is 24.3 Å². The number of nitrogens with two attached hydrogens (primary N) is 1. The molecule has 3 rings (SSSR count). The predicted molar refractivity (Wildman–Crippen MR) is 89.1 cm³/mol. The Morgan fingerprint density at radius 3 is 2.71 bits per heavy atom. The molecule has 0 saturated carbocycles. The first kappa shape index (κ1) is 14.7. The van der Waals surface area contributed by atoms with Crippen molar-refractivity contribution in [1.29, 1.82) is 0 Å². The summed E-state index contributed by atoms with van der Waals surface area (Å²) >= 11 is 1.75. The SMILES string of the molecule is CCC(CN)N1CCN(c2ncnc3c(C)csc23)CC1. The van der Waals surface area contributed by atoms with Crippen molar-refractivity contribution in [1.82, 2.24) is 14.9 Å². The Kier molecular flexibility index (Phi) is 4.37. The van der Waals surface area contributed by atoms with Crippen molar-refractivity contribution in [3.63, 3.8) is 0 Å². The lowest BCUT2D eigenvalue weighted by molar-refractivity contribution is 0.184. The van der Waals surface area contributed by atoms with Crippen LogP contribution in [0.1, 0.15) is 18.9 Å². The lowest BCUT2D eigenvalue weighted by Gasteiger charge is -2.39. The van der Waals surface area contributed by atoms with Crippen molar-refractivity contribution in [2.24, 2.45) is 5.73 Å². The summed E-state index contributed by atoms with van der Waals surface area (Å²) in [5, 5.41) is 2.17. The lowest BCUT2D eigenvalue weighted by Crippen LogP contribution is -2.52. The molecular weight excluding hydrogens is 282 g/mol. The van der Waals surface area contributed by atoms with E-state index in [4.69, 9.17) is 5.73 Å². The molecule has 1 unspecified atom stereocenters. The van der Waals surface area contributed by atoms with Crippen molar-refractivity contribution >= 4 is 27.4 Å². The average molecular weight is 305 g/mol. The molecule has 1 saturated heterocycles. The van der Waals surface area contributed by atoms with E-state index >= 15 is 0 Å². The Bertz CT molecular complexity index is 599. The number of hydrogen-bond acceptors (Lipinski definition) is 6. The fourth-order valence-electron chi connectivity index (χ4n) is 3.06. The van der Waals surface area contributed by atoms with Gasteiger partial charge in [-0.1, -0.05) is 6.92 Å². The molecule has 114 valence electrons. The molecule has 2 N–H and O–H groups in total. The van der Waals surface area contributed by atoms with E-state index in [0.29, 0.717) is 6.04 Å². The molecule has 21 heavy (non-hydrogen) atoms. The van der Waals surface area contributed by atoms with Crippen LogP contribution in [0, 0.1) is 6.92 Å². The van der Waals surface area contributed by atoms with Crippen LogP contribution in [0.5, 0.6) is 0 Å². The third-order valence-electron chi connectivity index (χ3n) is 4.39. The quantitative estimate of drug-likeness (QED) is 0.934. The second-order valence-electron chi connectivity index (χ2n) is 5.61. The molecule has 2 aromatic rings. The van der Waals surface area contributed by atoms with Gasteiger partial charge in [0, 0.05) is 38.8 Å². The van der Waals surface area contributed by atoms with Gasteiger partial charge >= 0.3 is 0 Å². The highest BCUT2D eigenvalue weighted by Crippen LogP contribution is 2.31. The third kappa shape index (κ3) is 2.75. The van der Waals surface area contributed by atoms with Crippen LogP contribution >= 0.6 is 11.3 Å². The van der Waals surface area contributed by atoms with Crippen LogP contribution in [-0.2, 0) is 0 Å². The van der Waals surface area contributed by atoms with E-state index < -0.39 is 0 Å². The molecule has 0 radical (unpaired) electrons. The van der Waals surface area contributed by atoms with E-state index in [1.165, 1.54) is 10.3 Å². The number of aryl methyl sites for hydroxylation is 1. The van der Waals surface area contributed by atoms with E-state index in [9.17, 15) is 0 Å². The second-order valence-corrected chi connectivity index (χ2v) is 6.49. The van der Waals surface area contributed by atoms with E-state index in [0.717, 1.165) is 50.5 Å². The number of nitrogens with zero attached hydrogens (tertiary/aromatic N) is 4. The summed E-state index contributed by atoms with van der Waals surface area (Å²) < 4.78 is 1.22. The molecule has 6 heteroatoms. The number of fused-ring (bicyclic) bond motifs is 1. The van der Waals surface area contributed by atoms with E-state index in [1.807, 2.05) is 0 Å². The van der Waals surface area contributed by atoms with Gasteiger partial charge in [0.2, 0.25) is 0 Å². The first-order valence-electron chi connectivity index (χ1n) is 7.62. The largest absolute Gasteiger partial charge is 0.353 e. The van der Waals surface area contributed by atoms with Gasteiger partial charge in [0.1, 0.15) is 12.1 Å². The van der Waals surface area contributed by atoms with E-state index in [-0.39, 0.29) is 0 Å². The summed E-state index contributed by atoms with van der Waals surface area (Å²) in [6.45, 7) is 9.22. The minimum absolute atomic E-state index is 0.515. The maximum absolute atomic E-state index is 5.86. The molecule has 0 bridgehead atoms. The number of hydrogen-bond donors (Lipinski definition) is 1. The first-order valence-corrected chi connectivity index (χ1v) is 8.50. The lowest BCUT2D eigenvalue weighted by atomic mass is 10.1. The maximum atomic E-state index is 5.86. The van der Waals surface area contributed by atoms with Crippen molar-refractivity contribution in [2.75, 3.05) is 37.6 Å². The van der Waals surface area contributed by atoms with Gasteiger partial charge in [-0.25, -0.2) is 9.97 Å². The Morgan fingerprint density at radius 2 is 2.05 bits per heavy atom. The van der Waals surface area contributed by atoms with Crippen LogP contribution < -0.4 is 10.6 Å². The number of piperazine rings is 1. The molecule has 3 heterocycles. The highest BCUT2D eigenvalue weighted by Gasteiger charge is 2.24. The molecule has 0 aromatic carbocycles. The second kappa shape index (κ2) is 6.25. The zero-order valence-corrected chi connectivity index (χ0v) is 13.6. The summed E-state index contributed by atoms with van der Waals surface area (Å²) in [4.78, 5) is 13.8. The van der Waals surface area contributed by atoms with Crippen LogP contribution in [0.15, 0.2) is 11.7 Å². The minimum atomic E-state index is 0.515. The summed E-state index contributed by atoms with van der Waals surface area (Å²) in [5.41, 5.74) is 8.20. The van der Waals surface area contributed by atoms with Gasteiger partial charge in [0.25, 0.3) is 0 Å². The molecular formula is C15H23N5S. The van der Waals surface area contributed by atoms with Gasteiger partial charge in [-0.15, -0.1) is 11.3 Å². The molecule has 0 amide bonds. The topological polar surface area (TPSA) is 58.3 Å². The fraction of sp³-hybridized carbons (Fsp3) is 0.600. The van der Waals surface area contributed by atoms with E-state index in [1.54, 1.807) is 17.7 Å². The fourth-order valence-corrected chi connectivity index (χ4v) is 4.07. The Morgan fingerprint density at radius 1 is 1.29 bits per heavy atom. The smallest absolute Gasteiger partial charge is 0.150 e. The highest BCUT2D eigenvalue weighted by molar-refractivity contribution is 7.18. The monoisotopic (exact) mass is 305 g/mol. The number of aromatic nitrogens is 2. The molecule has 0 spiro atoms.